The van der Waals surface area contributed by atoms with Crippen molar-refractivity contribution in [2.45, 2.75) is 219 Å². The molecule has 0 aliphatic heterocycles. The zero-order valence-electron chi connectivity index (χ0n) is 38.9. The lowest BCUT2D eigenvalue weighted by molar-refractivity contribution is -0.147. The van der Waals surface area contributed by atoms with Crippen LogP contribution in [0.25, 0.3) is 0 Å². The van der Waals surface area contributed by atoms with E-state index in [2.05, 4.69) is 79.9 Å². The number of unbranched alkanes of at least 4 members (excludes halogenated alkanes) is 21. The highest BCUT2D eigenvalue weighted by molar-refractivity contribution is 7.47. The molecule has 3 atom stereocenters. The molecule has 0 heterocycles. The fraction of sp³-hybridized carbons (Fsp3) is 0.740. The highest BCUT2D eigenvalue weighted by atomic mass is 31.2. The Hall–Kier alpha value is -2.82. The number of amides is 1. The summed E-state index contributed by atoms with van der Waals surface area (Å²) in [5.41, 5.74) is 0. The number of ether oxygens (including phenoxy) is 1. The number of phosphoric acid groups is 1. The van der Waals surface area contributed by atoms with E-state index in [4.69, 9.17) is 13.8 Å². The summed E-state index contributed by atoms with van der Waals surface area (Å²) in [6.07, 6.45) is 52.3. The minimum Gasteiger partial charge on any atom is -0.480 e. The predicted molar refractivity (Wildman–Crippen MR) is 254 cm³/mol. The van der Waals surface area contributed by atoms with Crippen molar-refractivity contribution in [2.75, 3.05) is 19.8 Å². The smallest absolute Gasteiger partial charge is 0.472 e. The fourth-order valence-electron chi connectivity index (χ4n) is 6.47. The number of aliphatic hydroxyl groups is 1. The molecule has 0 aliphatic carbocycles. The molecule has 0 bridgehead atoms. The van der Waals surface area contributed by atoms with E-state index in [1.807, 2.05) is 0 Å². The van der Waals surface area contributed by atoms with Gasteiger partial charge in [0.2, 0.25) is 5.91 Å². The molecule has 12 heteroatoms. The second kappa shape index (κ2) is 44.8. The third-order valence-corrected chi connectivity index (χ3v) is 11.2. The van der Waals surface area contributed by atoms with Gasteiger partial charge in [-0.05, 0) is 83.5 Å². The first-order valence-electron chi connectivity index (χ1n) is 24.3. The average molecular weight is 894 g/mol. The lowest BCUT2D eigenvalue weighted by atomic mass is 10.1. The monoisotopic (exact) mass is 894 g/mol. The highest BCUT2D eigenvalue weighted by Gasteiger charge is 2.28. The molecule has 0 aromatic carbocycles. The zero-order chi connectivity index (χ0) is 45.6. The van der Waals surface area contributed by atoms with Crippen molar-refractivity contribution in [3.63, 3.8) is 0 Å². The van der Waals surface area contributed by atoms with E-state index in [9.17, 15) is 34.1 Å². The van der Waals surface area contributed by atoms with Gasteiger partial charge in [-0.25, -0.2) is 9.36 Å². The molecule has 0 saturated carbocycles. The number of carboxylic acid groups (broad SMARTS) is 1. The maximum Gasteiger partial charge on any atom is 0.472 e. The van der Waals surface area contributed by atoms with E-state index in [0.29, 0.717) is 12.8 Å². The summed E-state index contributed by atoms with van der Waals surface area (Å²) in [5.74, 6) is -2.39. The Morgan fingerprint density at radius 2 is 0.887 bits per heavy atom. The average Bonchev–Trinajstić information content (AvgIpc) is 3.25. The van der Waals surface area contributed by atoms with Gasteiger partial charge in [-0.3, -0.25) is 18.6 Å². The molecule has 0 spiro atoms. The Morgan fingerprint density at radius 3 is 1.32 bits per heavy atom. The Kier molecular flexibility index (Phi) is 42.7. The summed E-state index contributed by atoms with van der Waals surface area (Å²) in [6.45, 7) is 2.54. The number of aliphatic hydroxyl groups excluding tert-OH is 1. The van der Waals surface area contributed by atoms with Crippen LogP contribution < -0.4 is 5.32 Å². The first kappa shape index (κ1) is 59.2. The van der Waals surface area contributed by atoms with E-state index >= 15 is 0 Å². The van der Waals surface area contributed by atoms with Gasteiger partial charge in [0.1, 0.15) is 12.7 Å². The van der Waals surface area contributed by atoms with Crippen molar-refractivity contribution in [3.8, 4) is 0 Å². The van der Waals surface area contributed by atoms with Gasteiger partial charge in [0, 0.05) is 12.8 Å². The molecule has 0 aromatic heterocycles. The highest BCUT2D eigenvalue weighted by Crippen LogP contribution is 2.43. The van der Waals surface area contributed by atoms with Gasteiger partial charge in [0.25, 0.3) is 0 Å². The van der Waals surface area contributed by atoms with E-state index in [-0.39, 0.29) is 12.8 Å². The van der Waals surface area contributed by atoms with E-state index in [0.717, 1.165) is 89.9 Å². The van der Waals surface area contributed by atoms with Crippen molar-refractivity contribution < 1.29 is 47.8 Å². The van der Waals surface area contributed by atoms with E-state index in [1.54, 1.807) is 0 Å². The van der Waals surface area contributed by atoms with E-state index in [1.165, 1.54) is 77.0 Å². The number of nitrogens with one attached hydrogen (secondary N) is 1. The molecule has 0 fully saturated rings. The minimum absolute atomic E-state index is 0.138. The number of hydrogen-bond acceptors (Lipinski definition) is 8. The van der Waals surface area contributed by atoms with Crippen LogP contribution in [-0.2, 0) is 32.7 Å². The largest absolute Gasteiger partial charge is 0.480 e. The number of allylic oxidation sites excluding steroid dienone is 10. The Morgan fingerprint density at radius 1 is 0.516 bits per heavy atom. The molecule has 1 amide bonds. The van der Waals surface area contributed by atoms with Gasteiger partial charge in [0.15, 0.2) is 6.04 Å². The number of rotatable bonds is 45. The Balaban J connectivity index is 3.89. The molecule has 3 unspecified atom stereocenters. The number of aliphatic carboxylic acids is 1. The standard InChI is InChI=1S/C50H88NO10P/c1-3-5-7-9-11-13-15-17-19-21-23-25-27-29-31-33-35-37-39-41-48(53)51-47(50(55)56)45-61-62(57,58)60-44-46(52)43-59-49(54)42-40-38-36-34-32-30-28-26-24-22-20-18-16-14-12-10-8-6-4-2/h11-14,17-20,24,26,46-47,52H,3-10,15-16,21-23,25,27-45H2,1-2H3,(H,51,53)(H,55,56)(H,57,58)/b13-11-,14-12-,19-17-,20-18-,26-24-. The molecular weight excluding hydrogens is 806 g/mol. The number of carbonyl (C=O) groups is 3. The topological polar surface area (TPSA) is 169 Å². The van der Waals surface area contributed by atoms with Gasteiger partial charge >= 0.3 is 19.8 Å². The Labute approximate surface area is 376 Å². The van der Waals surface area contributed by atoms with Crippen LogP contribution in [0.5, 0.6) is 0 Å². The van der Waals surface area contributed by atoms with Gasteiger partial charge in [-0.15, -0.1) is 0 Å². The molecular formula is C50H88NO10P. The summed E-state index contributed by atoms with van der Waals surface area (Å²) in [5, 5.41) is 21.9. The van der Waals surface area contributed by atoms with Gasteiger partial charge in [-0.2, -0.15) is 0 Å². The lowest BCUT2D eigenvalue weighted by Crippen LogP contribution is -2.43. The predicted octanol–water partition coefficient (Wildman–Crippen LogP) is 13.1. The number of esters is 1. The summed E-state index contributed by atoms with van der Waals surface area (Å²) in [7, 11) is -4.77. The summed E-state index contributed by atoms with van der Waals surface area (Å²) in [4.78, 5) is 46.1. The fourth-order valence-corrected chi connectivity index (χ4v) is 7.24. The molecule has 358 valence electrons. The van der Waals surface area contributed by atoms with Crippen molar-refractivity contribution in [2.24, 2.45) is 0 Å². The second-order valence-electron chi connectivity index (χ2n) is 16.3. The van der Waals surface area contributed by atoms with Crippen molar-refractivity contribution in [1.82, 2.24) is 5.32 Å². The van der Waals surface area contributed by atoms with Gasteiger partial charge < -0.3 is 25.2 Å². The summed E-state index contributed by atoms with van der Waals surface area (Å²) in [6, 6.07) is -1.55. The van der Waals surface area contributed by atoms with Crippen LogP contribution in [0.1, 0.15) is 206 Å². The first-order valence-corrected chi connectivity index (χ1v) is 25.8. The minimum atomic E-state index is -4.77. The van der Waals surface area contributed by atoms with Crippen LogP contribution in [-0.4, -0.2) is 64.9 Å². The van der Waals surface area contributed by atoms with Crippen LogP contribution in [0.2, 0.25) is 0 Å². The van der Waals surface area contributed by atoms with Crippen LogP contribution in [0.3, 0.4) is 0 Å². The summed E-state index contributed by atoms with van der Waals surface area (Å²) < 4.78 is 26.9. The molecule has 0 aromatic rings. The third-order valence-electron chi connectivity index (χ3n) is 10.3. The lowest BCUT2D eigenvalue weighted by Gasteiger charge is -2.18. The van der Waals surface area contributed by atoms with Gasteiger partial charge in [-0.1, -0.05) is 171 Å². The third kappa shape index (κ3) is 43.8. The number of phosphoric ester groups is 1. The molecule has 0 saturated heterocycles. The van der Waals surface area contributed by atoms with Crippen molar-refractivity contribution in [1.29, 1.82) is 0 Å². The van der Waals surface area contributed by atoms with Crippen LogP contribution >= 0.6 is 7.82 Å². The molecule has 11 nitrogen and oxygen atoms in total. The molecule has 62 heavy (non-hydrogen) atoms. The summed E-state index contributed by atoms with van der Waals surface area (Å²) >= 11 is 0. The first-order chi connectivity index (χ1) is 30.1. The Bertz CT molecular complexity index is 1280. The van der Waals surface area contributed by atoms with Crippen molar-refractivity contribution >= 4 is 25.7 Å². The van der Waals surface area contributed by atoms with Gasteiger partial charge in [0.05, 0.1) is 13.2 Å². The number of carbonyl (C=O) groups excluding carboxylic acids is 2. The molecule has 0 aliphatic rings. The molecule has 4 N–H and O–H groups in total. The number of carboxylic acids is 1. The maximum atomic E-state index is 12.3. The second-order valence-corrected chi connectivity index (χ2v) is 17.7. The van der Waals surface area contributed by atoms with Crippen LogP contribution in [0, 0.1) is 0 Å². The quantitative estimate of drug-likeness (QED) is 0.0200. The van der Waals surface area contributed by atoms with Crippen LogP contribution in [0.4, 0.5) is 0 Å². The van der Waals surface area contributed by atoms with Crippen LogP contribution in [0.15, 0.2) is 60.8 Å². The normalized spacial score (nSPS) is 14.1. The van der Waals surface area contributed by atoms with E-state index < -0.39 is 57.6 Å². The molecule has 0 radical (unpaired) electrons. The maximum absolute atomic E-state index is 12.3. The number of hydrogen-bond donors (Lipinski definition) is 4. The zero-order valence-corrected chi connectivity index (χ0v) is 39.8. The molecule has 0 rings (SSSR count). The van der Waals surface area contributed by atoms with Crippen molar-refractivity contribution in [3.05, 3.63) is 60.8 Å². The SMILES string of the molecule is CCCCC/C=C\C/C=C\C/C=C\CCCCCCCCC(=O)OCC(O)COP(=O)(O)OCC(NC(=O)CCCCCCCCCCC/C=C\C/C=C\CCCCC)C(=O)O.